The van der Waals surface area contributed by atoms with Crippen LogP contribution in [0.5, 0.6) is 0 Å². The molecule has 0 aromatic heterocycles. The summed E-state index contributed by atoms with van der Waals surface area (Å²) in [6, 6.07) is 12.4. The Kier molecular flexibility index (Phi) is 4.77. The summed E-state index contributed by atoms with van der Waals surface area (Å²) in [6.45, 7) is 1.91. The van der Waals surface area contributed by atoms with Crippen molar-refractivity contribution in [3.05, 3.63) is 69.2 Å². The topological polar surface area (TPSA) is 41.5 Å². The van der Waals surface area contributed by atoms with E-state index in [1.165, 1.54) is 6.21 Å². The van der Waals surface area contributed by atoms with Gasteiger partial charge in [0.15, 0.2) is 0 Å². The standard InChI is InChI=1S/C15H12Cl2N2O/c1-10-5-6-13(14(17)7-10)15(20)19-18-9-11-3-2-4-12(16)8-11/h2-9H,1H3,(H,19,20). The quantitative estimate of drug-likeness (QED) is 0.674. The van der Waals surface area contributed by atoms with E-state index in [2.05, 4.69) is 10.5 Å². The zero-order valence-electron chi connectivity index (χ0n) is 10.7. The highest BCUT2D eigenvalue weighted by molar-refractivity contribution is 6.34. The van der Waals surface area contributed by atoms with Crippen LogP contribution in [0.25, 0.3) is 0 Å². The second-order valence-corrected chi connectivity index (χ2v) is 5.08. The second kappa shape index (κ2) is 6.55. The normalized spacial score (nSPS) is 10.8. The molecule has 2 aromatic carbocycles. The van der Waals surface area contributed by atoms with Crippen LogP contribution >= 0.6 is 23.2 Å². The molecule has 3 nitrogen and oxygen atoms in total. The monoisotopic (exact) mass is 306 g/mol. The van der Waals surface area contributed by atoms with E-state index in [1.54, 1.807) is 24.3 Å². The highest BCUT2D eigenvalue weighted by atomic mass is 35.5. The van der Waals surface area contributed by atoms with Crippen LogP contribution in [-0.2, 0) is 0 Å². The van der Waals surface area contributed by atoms with Crippen LogP contribution in [0.3, 0.4) is 0 Å². The summed E-state index contributed by atoms with van der Waals surface area (Å²) in [5.74, 6) is -0.353. The van der Waals surface area contributed by atoms with Gasteiger partial charge in [-0.25, -0.2) is 5.43 Å². The van der Waals surface area contributed by atoms with E-state index in [9.17, 15) is 4.79 Å². The fourth-order valence-corrected chi connectivity index (χ4v) is 2.14. The molecule has 102 valence electrons. The minimum atomic E-state index is -0.353. The van der Waals surface area contributed by atoms with E-state index in [0.29, 0.717) is 15.6 Å². The maximum Gasteiger partial charge on any atom is 0.272 e. The summed E-state index contributed by atoms with van der Waals surface area (Å²) in [5.41, 5.74) is 4.61. The van der Waals surface area contributed by atoms with Gasteiger partial charge in [0.05, 0.1) is 16.8 Å². The van der Waals surface area contributed by atoms with Crippen molar-refractivity contribution in [2.75, 3.05) is 0 Å². The average molecular weight is 307 g/mol. The molecule has 0 aliphatic heterocycles. The molecule has 0 atom stereocenters. The maximum absolute atomic E-state index is 11.9. The van der Waals surface area contributed by atoms with Gasteiger partial charge in [0.25, 0.3) is 5.91 Å². The summed E-state index contributed by atoms with van der Waals surface area (Å²) >= 11 is 11.9. The molecule has 2 aromatic rings. The molecular formula is C15H12Cl2N2O. The Bertz CT molecular complexity index is 669. The van der Waals surface area contributed by atoms with E-state index >= 15 is 0 Å². The van der Waals surface area contributed by atoms with Crippen molar-refractivity contribution in [3.63, 3.8) is 0 Å². The van der Waals surface area contributed by atoms with Crippen molar-refractivity contribution < 1.29 is 4.79 Å². The first kappa shape index (κ1) is 14.6. The molecule has 0 unspecified atom stereocenters. The van der Waals surface area contributed by atoms with E-state index in [-0.39, 0.29) is 5.91 Å². The number of nitrogens with one attached hydrogen (secondary N) is 1. The third-order valence-corrected chi connectivity index (χ3v) is 3.15. The molecule has 0 spiro atoms. The van der Waals surface area contributed by atoms with Gasteiger partial charge in [0.2, 0.25) is 0 Å². The SMILES string of the molecule is Cc1ccc(C(=O)NN=Cc2cccc(Cl)c2)c(Cl)c1. The first-order valence-corrected chi connectivity index (χ1v) is 6.67. The summed E-state index contributed by atoms with van der Waals surface area (Å²) in [6.07, 6.45) is 1.52. The van der Waals surface area contributed by atoms with Crippen LogP contribution in [-0.4, -0.2) is 12.1 Å². The van der Waals surface area contributed by atoms with Crippen molar-refractivity contribution in [3.8, 4) is 0 Å². The summed E-state index contributed by atoms with van der Waals surface area (Å²) in [5, 5.41) is 4.90. The average Bonchev–Trinajstić information content (AvgIpc) is 2.38. The van der Waals surface area contributed by atoms with E-state index in [1.807, 2.05) is 25.1 Å². The van der Waals surface area contributed by atoms with Gasteiger partial charge in [-0.15, -0.1) is 0 Å². The van der Waals surface area contributed by atoms with Crippen molar-refractivity contribution in [1.29, 1.82) is 0 Å². The maximum atomic E-state index is 11.9. The summed E-state index contributed by atoms with van der Waals surface area (Å²) in [7, 11) is 0. The Morgan fingerprint density at radius 1 is 1.20 bits per heavy atom. The van der Waals surface area contributed by atoms with E-state index < -0.39 is 0 Å². The predicted molar refractivity (Wildman–Crippen MR) is 82.7 cm³/mol. The molecule has 0 fully saturated rings. The van der Waals surface area contributed by atoms with Crippen molar-refractivity contribution in [1.82, 2.24) is 5.43 Å². The zero-order valence-corrected chi connectivity index (χ0v) is 12.2. The number of hydrogen-bond donors (Lipinski definition) is 1. The van der Waals surface area contributed by atoms with Gasteiger partial charge in [0.1, 0.15) is 0 Å². The van der Waals surface area contributed by atoms with Gasteiger partial charge >= 0.3 is 0 Å². The first-order chi connectivity index (χ1) is 9.56. The minimum Gasteiger partial charge on any atom is -0.267 e. The predicted octanol–water partition coefficient (Wildman–Crippen LogP) is 4.07. The Morgan fingerprint density at radius 2 is 2.00 bits per heavy atom. The molecule has 5 heteroatoms. The molecule has 0 aliphatic rings. The van der Waals surface area contributed by atoms with Crippen molar-refractivity contribution >= 4 is 35.3 Å². The molecule has 2 rings (SSSR count). The molecular weight excluding hydrogens is 295 g/mol. The lowest BCUT2D eigenvalue weighted by molar-refractivity contribution is 0.0955. The van der Waals surface area contributed by atoms with Crippen molar-refractivity contribution in [2.45, 2.75) is 6.92 Å². The molecule has 0 saturated heterocycles. The molecule has 20 heavy (non-hydrogen) atoms. The highest BCUT2D eigenvalue weighted by Crippen LogP contribution is 2.17. The van der Waals surface area contributed by atoms with Gasteiger partial charge in [-0.2, -0.15) is 5.10 Å². The zero-order chi connectivity index (χ0) is 14.5. The number of amides is 1. The van der Waals surface area contributed by atoms with Crippen LogP contribution in [0.1, 0.15) is 21.5 Å². The Hall–Kier alpha value is -1.84. The van der Waals surface area contributed by atoms with Gasteiger partial charge in [0, 0.05) is 5.02 Å². The van der Waals surface area contributed by atoms with E-state index in [0.717, 1.165) is 11.1 Å². The van der Waals surface area contributed by atoms with Gasteiger partial charge in [-0.05, 0) is 42.3 Å². The number of nitrogens with zero attached hydrogens (tertiary/aromatic N) is 1. The Balaban J connectivity index is 2.05. The third kappa shape index (κ3) is 3.83. The summed E-state index contributed by atoms with van der Waals surface area (Å²) in [4.78, 5) is 11.9. The molecule has 0 saturated carbocycles. The number of carbonyl (C=O) groups excluding carboxylic acids is 1. The lowest BCUT2D eigenvalue weighted by atomic mass is 10.1. The number of aryl methyl sites for hydroxylation is 1. The molecule has 0 radical (unpaired) electrons. The number of rotatable bonds is 3. The second-order valence-electron chi connectivity index (χ2n) is 4.24. The van der Waals surface area contributed by atoms with Crippen LogP contribution in [0.15, 0.2) is 47.6 Å². The van der Waals surface area contributed by atoms with Gasteiger partial charge in [-0.1, -0.05) is 41.4 Å². The minimum absolute atomic E-state index is 0.353. The Labute approximate surface area is 127 Å². The number of benzene rings is 2. The molecule has 1 N–H and O–H groups in total. The number of hydrogen-bond acceptors (Lipinski definition) is 2. The smallest absolute Gasteiger partial charge is 0.267 e. The number of carbonyl (C=O) groups is 1. The molecule has 0 bridgehead atoms. The van der Waals surface area contributed by atoms with Crippen molar-refractivity contribution in [2.24, 2.45) is 5.10 Å². The third-order valence-electron chi connectivity index (χ3n) is 2.60. The van der Waals surface area contributed by atoms with Crippen LogP contribution < -0.4 is 5.43 Å². The molecule has 0 aliphatic carbocycles. The van der Waals surface area contributed by atoms with Crippen LogP contribution in [0.2, 0.25) is 10.0 Å². The van der Waals surface area contributed by atoms with Gasteiger partial charge < -0.3 is 0 Å². The Morgan fingerprint density at radius 3 is 2.70 bits per heavy atom. The first-order valence-electron chi connectivity index (χ1n) is 5.91. The lowest BCUT2D eigenvalue weighted by Gasteiger charge is -2.03. The highest BCUT2D eigenvalue weighted by Gasteiger charge is 2.08. The number of hydrazone groups is 1. The molecule has 0 heterocycles. The van der Waals surface area contributed by atoms with Crippen LogP contribution in [0, 0.1) is 6.92 Å². The number of halogens is 2. The largest absolute Gasteiger partial charge is 0.272 e. The van der Waals surface area contributed by atoms with Crippen LogP contribution in [0.4, 0.5) is 0 Å². The van der Waals surface area contributed by atoms with E-state index in [4.69, 9.17) is 23.2 Å². The molecule has 1 amide bonds. The fraction of sp³-hybridized carbons (Fsp3) is 0.0667. The summed E-state index contributed by atoms with van der Waals surface area (Å²) < 4.78 is 0. The fourth-order valence-electron chi connectivity index (χ4n) is 1.62. The lowest BCUT2D eigenvalue weighted by Crippen LogP contribution is -2.18. The van der Waals surface area contributed by atoms with Gasteiger partial charge in [-0.3, -0.25) is 4.79 Å².